The molecule has 1 aromatic rings. The fourth-order valence-electron chi connectivity index (χ4n) is 1.62. The topological polar surface area (TPSA) is 41.1 Å². The van der Waals surface area contributed by atoms with Crippen molar-refractivity contribution in [2.75, 3.05) is 11.9 Å². The van der Waals surface area contributed by atoms with Crippen molar-refractivity contribution >= 4 is 11.7 Å². The van der Waals surface area contributed by atoms with Crippen LogP contribution in [0.25, 0.3) is 0 Å². The van der Waals surface area contributed by atoms with Crippen molar-refractivity contribution in [2.24, 2.45) is 0 Å². The highest BCUT2D eigenvalue weighted by Gasteiger charge is 2.00. The molecule has 0 unspecified atom stereocenters. The summed E-state index contributed by atoms with van der Waals surface area (Å²) in [5.74, 6) is 2.54. The van der Waals surface area contributed by atoms with Gasteiger partial charge in [-0.25, -0.2) is 4.79 Å². The van der Waals surface area contributed by atoms with Crippen molar-refractivity contribution in [3.63, 3.8) is 0 Å². The minimum atomic E-state index is -0.180. The number of anilines is 1. The fraction of sp³-hybridized carbons (Fsp3) is 0.400. The maximum atomic E-state index is 11.6. The number of urea groups is 1. The van der Waals surface area contributed by atoms with Crippen molar-refractivity contribution in [3.05, 3.63) is 29.8 Å². The lowest BCUT2D eigenvalue weighted by molar-refractivity contribution is 0.252. The number of amides is 2. The third-order valence-electron chi connectivity index (χ3n) is 2.60. The summed E-state index contributed by atoms with van der Waals surface area (Å²) in [4.78, 5) is 11.6. The van der Waals surface area contributed by atoms with Crippen molar-refractivity contribution in [1.29, 1.82) is 0 Å². The van der Waals surface area contributed by atoms with Crippen LogP contribution in [0.15, 0.2) is 24.3 Å². The lowest BCUT2D eigenvalue weighted by Crippen LogP contribution is -2.29. The van der Waals surface area contributed by atoms with Gasteiger partial charge in [0.15, 0.2) is 0 Å². The average molecular weight is 244 g/mol. The van der Waals surface area contributed by atoms with Gasteiger partial charge in [0.05, 0.1) is 0 Å². The van der Waals surface area contributed by atoms with Gasteiger partial charge in [-0.05, 0) is 24.6 Å². The van der Waals surface area contributed by atoms with Gasteiger partial charge in [-0.3, -0.25) is 0 Å². The monoisotopic (exact) mass is 244 g/mol. The van der Waals surface area contributed by atoms with Crippen molar-refractivity contribution in [2.45, 2.75) is 32.6 Å². The highest BCUT2D eigenvalue weighted by Crippen LogP contribution is 2.09. The zero-order chi connectivity index (χ0) is 13.2. The molecule has 3 nitrogen and oxygen atoms in total. The van der Waals surface area contributed by atoms with E-state index in [9.17, 15) is 4.79 Å². The summed E-state index contributed by atoms with van der Waals surface area (Å²) in [6.07, 6.45) is 9.89. The van der Waals surface area contributed by atoms with Crippen LogP contribution in [0.5, 0.6) is 0 Å². The molecular weight excluding hydrogens is 224 g/mol. The number of carbonyl (C=O) groups excluding carboxylic acids is 1. The summed E-state index contributed by atoms with van der Waals surface area (Å²) in [5, 5.41) is 5.59. The Bertz CT molecular complexity index is 421. The summed E-state index contributed by atoms with van der Waals surface area (Å²) < 4.78 is 0. The second kappa shape index (κ2) is 8.19. The van der Waals surface area contributed by atoms with Gasteiger partial charge in [0.1, 0.15) is 0 Å². The van der Waals surface area contributed by atoms with E-state index in [2.05, 4.69) is 23.5 Å². The molecule has 0 aliphatic rings. The van der Waals surface area contributed by atoms with E-state index >= 15 is 0 Å². The number of rotatable bonds is 6. The van der Waals surface area contributed by atoms with E-state index < -0.39 is 0 Å². The third-order valence-corrected chi connectivity index (χ3v) is 2.60. The van der Waals surface area contributed by atoms with Gasteiger partial charge in [-0.2, -0.15) is 0 Å². The molecule has 2 amide bonds. The Labute approximate surface area is 109 Å². The van der Waals surface area contributed by atoms with Gasteiger partial charge in [0.25, 0.3) is 0 Å². The molecular formula is C15H20N2O. The van der Waals surface area contributed by atoms with E-state index in [1.165, 1.54) is 12.8 Å². The van der Waals surface area contributed by atoms with E-state index in [0.717, 1.165) is 24.1 Å². The molecule has 0 aliphatic carbocycles. The summed E-state index contributed by atoms with van der Waals surface area (Å²) in [5.41, 5.74) is 1.48. The molecule has 0 spiro atoms. The van der Waals surface area contributed by atoms with Crippen molar-refractivity contribution < 1.29 is 4.79 Å². The maximum absolute atomic E-state index is 11.6. The van der Waals surface area contributed by atoms with Gasteiger partial charge < -0.3 is 10.6 Å². The highest BCUT2D eigenvalue weighted by atomic mass is 16.2. The number of hydrogen-bond donors (Lipinski definition) is 2. The van der Waals surface area contributed by atoms with Crippen LogP contribution in [0.1, 0.15) is 38.2 Å². The number of carbonyl (C=O) groups is 1. The summed E-state index contributed by atoms with van der Waals surface area (Å²) in [6, 6.07) is 7.06. The van der Waals surface area contributed by atoms with E-state index in [1.54, 1.807) is 6.07 Å². The Morgan fingerprint density at radius 1 is 1.33 bits per heavy atom. The van der Waals surface area contributed by atoms with Crippen LogP contribution < -0.4 is 10.6 Å². The molecule has 96 valence electrons. The molecule has 1 rings (SSSR count). The fourth-order valence-corrected chi connectivity index (χ4v) is 1.62. The zero-order valence-electron chi connectivity index (χ0n) is 10.8. The predicted octanol–water partition coefficient (Wildman–Crippen LogP) is 3.37. The molecule has 0 atom stereocenters. The number of hydrogen-bond acceptors (Lipinski definition) is 1. The standard InChI is InChI=1S/C15H20N2O/c1-3-5-6-7-11-16-15(18)17-14-10-8-9-13(4-2)12-14/h2,8-10,12H,3,5-7,11H2,1H3,(H2,16,17,18). The third kappa shape index (κ3) is 5.40. The van der Waals surface area contributed by atoms with Crippen LogP contribution in [0.2, 0.25) is 0 Å². The Balaban J connectivity index is 2.29. The zero-order valence-corrected chi connectivity index (χ0v) is 10.8. The largest absolute Gasteiger partial charge is 0.338 e. The van der Waals surface area contributed by atoms with Gasteiger partial charge in [-0.1, -0.05) is 38.2 Å². The van der Waals surface area contributed by atoms with Crippen molar-refractivity contribution in [1.82, 2.24) is 5.32 Å². The van der Waals surface area contributed by atoms with E-state index in [-0.39, 0.29) is 6.03 Å². The molecule has 0 aliphatic heterocycles. The first-order valence-corrected chi connectivity index (χ1v) is 6.37. The lowest BCUT2D eigenvalue weighted by Gasteiger charge is -2.07. The van der Waals surface area contributed by atoms with Crippen LogP contribution in [-0.4, -0.2) is 12.6 Å². The van der Waals surface area contributed by atoms with Gasteiger partial charge in [-0.15, -0.1) is 6.42 Å². The number of unbranched alkanes of at least 4 members (excludes halogenated alkanes) is 3. The average Bonchev–Trinajstić information content (AvgIpc) is 2.38. The normalized spacial score (nSPS) is 9.56. The Hall–Kier alpha value is -1.95. The minimum Gasteiger partial charge on any atom is -0.338 e. The second-order valence-electron chi connectivity index (χ2n) is 4.17. The SMILES string of the molecule is C#Cc1cccc(NC(=O)NCCCCCC)c1. The lowest BCUT2D eigenvalue weighted by atomic mass is 10.2. The smallest absolute Gasteiger partial charge is 0.319 e. The van der Waals surface area contributed by atoms with Gasteiger partial charge in [0.2, 0.25) is 0 Å². The first-order valence-electron chi connectivity index (χ1n) is 6.37. The number of terminal acetylenes is 1. The maximum Gasteiger partial charge on any atom is 0.319 e. The predicted molar refractivity (Wildman–Crippen MR) is 75.5 cm³/mol. The molecule has 3 heteroatoms. The molecule has 0 aromatic heterocycles. The van der Waals surface area contributed by atoms with E-state index in [0.29, 0.717) is 6.54 Å². The van der Waals surface area contributed by atoms with Crippen LogP contribution in [0.4, 0.5) is 10.5 Å². The molecule has 0 saturated carbocycles. The minimum absolute atomic E-state index is 0.180. The second-order valence-corrected chi connectivity index (χ2v) is 4.17. The quantitative estimate of drug-likeness (QED) is 0.584. The molecule has 0 heterocycles. The molecule has 0 fully saturated rings. The molecule has 1 aromatic carbocycles. The van der Waals surface area contributed by atoms with Crippen molar-refractivity contribution in [3.8, 4) is 12.3 Å². The molecule has 0 radical (unpaired) electrons. The summed E-state index contributed by atoms with van der Waals surface area (Å²) >= 11 is 0. The van der Waals surface area contributed by atoms with Crippen LogP contribution in [-0.2, 0) is 0 Å². The van der Waals surface area contributed by atoms with E-state index in [4.69, 9.17) is 6.42 Å². The Morgan fingerprint density at radius 2 is 2.17 bits per heavy atom. The van der Waals surface area contributed by atoms with Crippen LogP contribution in [0, 0.1) is 12.3 Å². The summed E-state index contributed by atoms with van der Waals surface area (Å²) in [7, 11) is 0. The van der Waals surface area contributed by atoms with Crippen LogP contribution in [0.3, 0.4) is 0 Å². The van der Waals surface area contributed by atoms with Gasteiger partial charge >= 0.3 is 6.03 Å². The molecule has 0 bridgehead atoms. The Morgan fingerprint density at radius 3 is 2.89 bits per heavy atom. The molecule has 0 saturated heterocycles. The number of benzene rings is 1. The first kappa shape index (κ1) is 14.1. The molecule has 2 N–H and O–H groups in total. The molecule has 18 heavy (non-hydrogen) atoms. The first-order chi connectivity index (χ1) is 8.76. The number of nitrogens with one attached hydrogen (secondary N) is 2. The summed E-state index contributed by atoms with van der Waals surface area (Å²) in [6.45, 7) is 2.87. The van der Waals surface area contributed by atoms with Gasteiger partial charge in [0, 0.05) is 17.8 Å². The van der Waals surface area contributed by atoms with Crippen LogP contribution >= 0.6 is 0 Å². The Kier molecular flexibility index (Phi) is 6.42. The van der Waals surface area contributed by atoms with E-state index in [1.807, 2.05) is 18.2 Å². The highest BCUT2D eigenvalue weighted by molar-refractivity contribution is 5.89.